The van der Waals surface area contributed by atoms with Gasteiger partial charge in [0.25, 0.3) is 5.91 Å². The molecule has 1 aromatic carbocycles. The molecule has 2 aliphatic rings. The SMILES string of the molecule is O=C(c1ccccc1-c1ncn[nH]1)N1CCCN(c2cc(C3CC3)ncn2)CC1. The maximum absolute atomic E-state index is 13.3. The van der Waals surface area contributed by atoms with E-state index in [-0.39, 0.29) is 5.91 Å². The fourth-order valence-electron chi connectivity index (χ4n) is 3.87. The lowest BCUT2D eigenvalue weighted by atomic mass is 10.1. The van der Waals surface area contributed by atoms with E-state index in [0.717, 1.165) is 43.1 Å². The predicted octanol–water partition coefficient (Wildman–Crippen LogP) is 2.49. The summed E-state index contributed by atoms with van der Waals surface area (Å²) in [4.78, 5) is 30.6. The summed E-state index contributed by atoms with van der Waals surface area (Å²) in [5.41, 5.74) is 2.57. The van der Waals surface area contributed by atoms with Gasteiger partial charge in [0.15, 0.2) is 5.82 Å². The Bertz CT molecular complexity index is 1000. The van der Waals surface area contributed by atoms with Crippen molar-refractivity contribution in [3.8, 4) is 11.4 Å². The Morgan fingerprint density at radius 1 is 1.00 bits per heavy atom. The van der Waals surface area contributed by atoms with Crippen LogP contribution < -0.4 is 4.90 Å². The van der Waals surface area contributed by atoms with Crippen molar-refractivity contribution in [1.82, 2.24) is 30.0 Å². The molecule has 3 aromatic rings. The number of hydrogen-bond donors (Lipinski definition) is 1. The Labute approximate surface area is 169 Å². The zero-order valence-electron chi connectivity index (χ0n) is 16.2. The van der Waals surface area contributed by atoms with Gasteiger partial charge in [-0.2, -0.15) is 5.10 Å². The first-order chi connectivity index (χ1) is 14.3. The quantitative estimate of drug-likeness (QED) is 0.737. The topological polar surface area (TPSA) is 90.9 Å². The van der Waals surface area contributed by atoms with Gasteiger partial charge >= 0.3 is 0 Å². The molecule has 1 saturated carbocycles. The summed E-state index contributed by atoms with van der Waals surface area (Å²) in [5, 5.41) is 6.77. The smallest absolute Gasteiger partial charge is 0.254 e. The summed E-state index contributed by atoms with van der Waals surface area (Å²) in [6, 6.07) is 9.67. The second-order valence-electron chi connectivity index (χ2n) is 7.59. The number of carbonyl (C=O) groups is 1. The first-order valence-electron chi connectivity index (χ1n) is 10.1. The Balaban J connectivity index is 1.32. The molecule has 29 heavy (non-hydrogen) atoms. The fraction of sp³-hybridized carbons (Fsp3) is 0.381. The van der Waals surface area contributed by atoms with Gasteiger partial charge in [0, 0.05) is 49.4 Å². The van der Waals surface area contributed by atoms with Gasteiger partial charge in [-0.3, -0.25) is 9.89 Å². The zero-order valence-corrected chi connectivity index (χ0v) is 16.2. The van der Waals surface area contributed by atoms with E-state index < -0.39 is 0 Å². The van der Waals surface area contributed by atoms with Crippen LogP contribution in [0.5, 0.6) is 0 Å². The van der Waals surface area contributed by atoms with Crippen molar-refractivity contribution >= 4 is 11.7 Å². The van der Waals surface area contributed by atoms with Crippen LogP contribution >= 0.6 is 0 Å². The van der Waals surface area contributed by atoms with E-state index in [9.17, 15) is 4.79 Å². The third-order valence-corrected chi connectivity index (χ3v) is 5.60. The molecule has 1 N–H and O–H groups in total. The number of carbonyl (C=O) groups excluding carboxylic acids is 1. The molecule has 5 rings (SSSR count). The molecular formula is C21H23N7O. The van der Waals surface area contributed by atoms with Crippen LogP contribution in [0.25, 0.3) is 11.4 Å². The van der Waals surface area contributed by atoms with Gasteiger partial charge < -0.3 is 9.80 Å². The van der Waals surface area contributed by atoms with Crippen molar-refractivity contribution in [1.29, 1.82) is 0 Å². The first kappa shape index (κ1) is 17.8. The van der Waals surface area contributed by atoms with Crippen molar-refractivity contribution in [3.63, 3.8) is 0 Å². The van der Waals surface area contributed by atoms with Crippen molar-refractivity contribution in [2.45, 2.75) is 25.2 Å². The van der Waals surface area contributed by atoms with Gasteiger partial charge in [-0.25, -0.2) is 15.0 Å². The average Bonchev–Trinajstić information content (AvgIpc) is 3.53. The van der Waals surface area contributed by atoms with Crippen LogP contribution in [0.3, 0.4) is 0 Å². The molecule has 1 saturated heterocycles. The Hall–Kier alpha value is -3.29. The molecule has 148 valence electrons. The number of benzene rings is 1. The number of H-pyrrole nitrogens is 1. The average molecular weight is 389 g/mol. The first-order valence-corrected chi connectivity index (χ1v) is 10.1. The second kappa shape index (κ2) is 7.62. The van der Waals surface area contributed by atoms with Crippen LogP contribution in [-0.4, -0.2) is 62.1 Å². The van der Waals surface area contributed by atoms with Crippen molar-refractivity contribution in [2.75, 3.05) is 31.1 Å². The van der Waals surface area contributed by atoms with Gasteiger partial charge in [-0.05, 0) is 25.3 Å². The highest BCUT2D eigenvalue weighted by Crippen LogP contribution is 2.39. The summed E-state index contributed by atoms with van der Waals surface area (Å²) < 4.78 is 0. The summed E-state index contributed by atoms with van der Waals surface area (Å²) >= 11 is 0. The maximum Gasteiger partial charge on any atom is 0.254 e. The Morgan fingerprint density at radius 3 is 2.72 bits per heavy atom. The van der Waals surface area contributed by atoms with Crippen LogP contribution in [0.15, 0.2) is 43.0 Å². The Kier molecular flexibility index (Phi) is 4.67. The van der Waals surface area contributed by atoms with Gasteiger partial charge in [-0.15, -0.1) is 0 Å². The third-order valence-electron chi connectivity index (χ3n) is 5.60. The summed E-state index contributed by atoms with van der Waals surface area (Å²) in [6.07, 6.45) is 6.48. The highest BCUT2D eigenvalue weighted by molar-refractivity contribution is 6.00. The molecule has 1 aliphatic heterocycles. The lowest BCUT2D eigenvalue weighted by Gasteiger charge is -2.23. The molecule has 0 atom stereocenters. The number of amides is 1. The lowest BCUT2D eigenvalue weighted by molar-refractivity contribution is 0.0767. The highest BCUT2D eigenvalue weighted by atomic mass is 16.2. The number of anilines is 1. The molecule has 2 fully saturated rings. The van der Waals surface area contributed by atoms with E-state index in [1.54, 1.807) is 6.33 Å². The van der Waals surface area contributed by atoms with E-state index >= 15 is 0 Å². The van der Waals surface area contributed by atoms with E-state index in [2.05, 4.69) is 36.1 Å². The molecule has 0 spiro atoms. The second-order valence-corrected chi connectivity index (χ2v) is 7.59. The van der Waals surface area contributed by atoms with E-state index in [4.69, 9.17) is 0 Å². The minimum Gasteiger partial charge on any atom is -0.355 e. The van der Waals surface area contributed by atoms with Gasteiger partial charge in [0.1, 0.15) is 18.5 Å². The van der Waals surface area contributed by atoms with Crippen molar-refractivity contribution in [2.24, 2.45) is 0 Å². The standard InChI is InChI=1S/C21H23N7O/c29-21(17-5-2-1-4-16(17)20-24-14-25-26-20)28-9-3-8-27(10-11-28)19-12-18(15-6-7-15)22-13-23-19/h1-2,4-5,12-15H,3,6-11H2,(H,24,25,26). The van der Waals surface area contributed by atoms with E-state index in [0.29, 0.717) is 23.9 Å². The molecule has 8 nitrogen and oxygen atoms in total. The number of aromatic amines is 1. The minimum atomic E-state index is 0.0280. The normalized spacial score (nSPS) is 17.2. The molecule has 1 aliphatic carbocycles. The Morgan fingerprint density at radius 2 is 1.90 bits per heavy atom. The van der Waals surface area contributed by atoms with Crippen LogP contribution in [0.4, 0.5) is 5.82 Å². The number of nitrogens with one attached hydrogen (secondary N) is 1. The van der Waals surface area contributed by atoms with E-state index in [1.807, 2.05) is 29.2 Å². The molecule has 1 amide bonds. The summed E-state index contributed by atoms with van der Waals surface area (Å²) in [5.74, 6) is 2.21. The van der Waals surface area contributed by atoms with Crippen molar-refractivity contribution < 1.29 is 4.79 Å². The monoisotopic (exact) mass is 389 g/mol. The van der Waals surface area contributed by atoms with Gasteiger partial charge in [-0.1, -0.05) is 18.2 Å². The van der Waals surface area contributed by atoms with Crippen molar-refractivity contribution in [3.05, 3.63) is 54.2 Å². The zero-order chi connectivity index (χ0) is 19.6. The minimum absolute atomic E-state index is 0.0280. The summed E-state index contributed by atoms with van der Waals surface area (Å²) in [7, 11) is 0. The van der Waals surface area contributed by atoms with Crippen LogP contribution in [0.2, 0.25) is 0 Å². The lowest BCUT2D eigenvalue weighted by Crippen LogP contribution is -2.35. The molecule has 0 unspecified atom stereocenters. The number of aromatic nitrogens is 5. The molecule has 3 heterocycles. The maximum atomic E-state index is 13.3. The molecule has 0 bridgehead atoms. The summed E-state index contributed by atoms with van der Waals surface area (Å²) in [6.45, 7) is 3.03. The number of hydrogen-bond acceptors (Lipinski definition) is 6. The van der Waals surface area contributed by atoms with Gasteiger partial charge in [0.05, 0.1) is 5.56 Å². The molecular weight excluding hydrogens is 366 g/mol. The van der Waals surface area contributed by atoms with Crippen LogP contribution in [0.1, 0.15) is 41.2 Å². The predicted molar refractivity (Wildman–Crippen MR) is 109 cm³/mol. The fourth-order valence-corrected chi connectivity index (χ4v) is 3.87. The van der Waals surface area contributed by atoms with Crippen LogP contribution in [-0.2, 0) is 0 Å². The largest absolute Gasteiger partial charge is 0.355 e. The highest BCUT2D eigenvalue weighted by Gasteiger charge is 2.27. The van der Waals surface area contributed by atoms with Crippen LogP contribution in [0, 0.1) is 0 Å². The molecule has 0 radical (unpaired) electrons. The third kappa shape index (κ3) is 3.70. The number of nitrogens with zero attached hydrogens (tertiary/aromatic N) is 6. The molecule has 8 heteroatoms. The molecule has 2 aromatic heterocycles. The number of rotatable bonds is 4. The van der Waals surface area contributed by atoms with E-state index in [1.165, 1.54) is 19.2 Å². The van der Waals surface area contributed by atoms with Gasteiger partial charge in [0.2, 0.25) is 0 Å².